The van der Waals surface area contributed by atoms with Gasteiger partial charge < -0.3 is 14.2 Å². The molecule has 2 amide bonds. The van der Waals surface area contributed by atoms with Crippen molar-refractivity contribution in [3.05, 3.63) is 46.7 Å². The number of anilines is 1. The third-order valence-electron chi connectivity index (χ3n) is 4.82. The molecule has 130 valence electrons. The summed E-state index contributed by atoms with van der Waals surface area (Å²) in [5.41, 5.74) is 1.76. The van der Waals surface area contributed by atoms with E-state index in [1.165, 1.54) is 4.90 Å². The van der Waals surface area contributed by atoms with Gasteiger partial charge in [-0.1, -0.05) is 15.9 Å². The van der Waals surface area contributed by atoms with Crippen LogP contribution in [0.1, 0.15) is 18.7 Å². The fourth-order valence-electron chi connectivity index (χ4n) is 3.50. The number of benzene rings is 1. The second-order valence-electron chi connectivity index (χ2n) is 6.27. The number of carbonyl (C=O) groups excluding carboxylic acids is 2. The zero-order valence-corrected chi connectivity index (χ0v) is 15.4. The van der Waals surface area contributed by atoms with Crippen molar-refractivity contribution in [3.8, 4) is 5.75 Å². The number of hydrogen-bond acceptors (Lipinski definition) is 3. The molecule has 1 unspecified atom stereocenters. The van der Waals surface area contributed by atoms with E-state index in [1.54, 1.807) is 6.07 Å². The van der Waals surface area contributed by atoms with Gasteiger partial charge in [-0.3, -0.25) is 14.5 Å². The van der Waals surface area contributed by atoms with Crippen LogP contribution in [0.3, 0.4) is 0 Å². The number of halogens is 1. The van der Waals surface area contributed by atoms with Gasteiger partial charge in [0.2, 0.25) is 5.91 Å². The van der Waals surface area contributed by atoms with Crippen LogP contribution in [0.15, 0.2) is 41.0 Å². The molecular weight excluding hydrogens is 386 g/mol. The summed E-state index contributed by atoms with van der Waals surface area (Å²) >= 11 is 3.40. The lowest BCUT2D eigenvalue weighted by molar-refractivity contribution is -0.134. The first-order valence-electron chi connectivity index (χ1n) is 8.22. The summed E-state index contributed by atoms with van der Waals surface area (Å²) < 4.78 is 8.52. The molecule has 2 aromatic rings. The van der Waals surface area contributed by atoms with Crippen LogP contribution in [0.5, 0.6) is 5.75 Å². The minimum absolute atomic E-state index is 0.00298. The summed E-state index contributed by atoms with van der Waals surface area (Å²) in [5.74, 6) is 0.364. The minimum Gasteiger partial charge on any atom is -0.482 e. The van der Waals surface area contributed by atoms with Crippen LogP contribution >= 0.6 is 15.9 Å². The number of nitrogens with zero attached hydrogens (tertiary/aromatic N) is 3. The highest BCUT2D eigenvalue weighted by molar-refractivity contribution is 9.10. The summed E-state index contributed by atoms with van der Waals surface area (Å²) in [6, 6.07) is 9.49. The molecule has 0 aliphatic carbocycles. The average Bonchev–Trinajstić information content (AvgIpc) is 3.07. The van der Waals surface area contributed by atoms with Crippen LogP contribution in [0.4, 0.5) is 5.69 Å². The molecule has 0 saturated carbocycles. The van der Waals surface area contributed by atoms with Gasteiger partial charge in [0.25, 0.3) is 5.91 Å². The monoisotopic (exact) mass is 403 g/mol. The van der Waals surface area contributed by atoms with E-state index in [0.717, 1.165) is 16.7 Å². The Morgan fingerprint density at radius 3 is 3.00 bits per heavy atom. The molecule has 0 radical (unpaired) electrons. The van der Waals surface area contributed by atoms with Gasteiger partial charge in [0.15, 0.2) is 6.61 Å². The minimum atomic E-state index is -0.198. The first kappa shape index (κ1) is 16.2. The van der Waals surface area contributed by atoms with Crippen molar-refractivity contribution < 1.29 is 14.3 Å². The number of aromatic nitrogens is 1. The molecule has 0 N–H and O–H groups in total. The molecule has 1 atom stereocenters. The first-order valence-corrected chi connectivity index (χ1v) is 9.01. The van der Waals surface area contributed by atoms with E-state index < -0.39 is 0 Å². The van der Waals surface area contributed by atoms with E-state index in [0.29, 0.717) is 18.0 Å². The van der Waals surface area contributed by atoms with E-state index >= 15 is 0 Å². The number of rotatable bonds is 2. The molecular formula is C18H18BrN3O3. The van der Waals surface area contributed by atoms with Crippen molar-refractivity contribution in [2.24, 2.45) is 0 Å². The van der Waals surface area contributed by atoms with Crippen LogP contribution in [-0.4, -0.2) is 41.0 Å². The van der Waals surface area contributed by atoms with Gasteiger partial charge >= 0.3 is 0 Å². The Labute approximate surface area is 154 Å². The predicted molar refractivity (Wildman–Crippen MR) is 96.6 cm³/mol. The molecule has 25 heavy (non-hydrogen) atoms. The zero-order valence-electron chi connectivity index (χ0n) is 13.8. The third-order valence-corrected chi connectivity index (χ3v) is 5.31. The highest BCUT2D eigenvalue weighted by atomic mass is 79.9. The Morgan fingerprint density at radius 2 is 2.16 bits per heavy atom. The summed E-state index contributed by atoms with van der Waals surface area (Å²) in [7, 11) is 0. The summed E-state index contributed by atoms with van der Waals surface area (Å²) in [6.45, 7) is 3.43. The standard InChI is InChI=1S/C18H18BrN3O3/c1-12-14-3-2-6-20(14)7-8-21(12)17(23)10-22-15-5-4-13(19)9-16(15)25-11-18(22)24/h2-6,9,12H,7-8,10-11H2,1H3. The van der Waals surface area contributed by atoms with Crippen molar-refractivity contribution in [1.82, 2.24) is 9.47 Å². The molecule has 0 spiro atoms. The van der Waals surface area contributed by atoms with Crippen molar-refractivity contribution >= 4 is 33.4 Å². The summed E-state index contributed by atoms with van der Waals surface area (Å²) in [5, 5.41) is 0. The van der Waals surface area contributed by atoms with E-state index in [4.69, 9.17) is 4.74 Å². The lowest BCUT2D eigenvalue weighted by Gasteiger charge is -2.37. The quantitative estimate of drug-likeness (QED) is 0.774. The van der Waals surface area contributed by atoms with Gasteiger partial charge in [-0.15, -0.1) is 0 Å². The van der Waals surface area contributed by atoms with Crippen molar-refractivity contribution in [1.29, 1.82) is 0 Å². The number of amides is 2. The summed E-state index contributed by atoms with van der Waals surface area (Å²) in [4.78, 5) is 28.6. The Bertz CT molecular complexity index is 848. The Balaban J connectivity index is 1.56. The summed E-state index contributed by atoms with van der Waals surface area (Å²) in [6.07, 6.45) is 2.03. The van der Waals surface area contributed by atoms with Crippen molar-refractivity contribution in [2.45, 2.75) is 19.5 Å². The maximum Gasteiger partial charge on any atom is 0.265 e. The normalized spacial score (nSPS) is 19.3. The van der Waals surface area contributed by atoms with E-state index in [2.05, 4.69) is 20.5 Å². The number of carbonyl (C=O) groups is 2. The van der Waals surface area contributed by atoms with Crippen LogP contribution in [0.25, 0.3) is 0 Å². The van der Waals surface area contributed by atoms with Gasteiger partial charge in [-0.2, -0.15) is 0 Å². The third kappa shape index (κ3) is 2.82. The maximum absolute atomic E-state index is 12.9. The van der Waals surface area contributed by atoms with E-state index in [-0.39, 0.29) is 31.0 Å². The maximum atomic E-state index is 12.9. The topological polar surface area (TPSA) is 54.8 Å². The van der Waals surface area contributed by atoms with Gasteiger partial charge in [0.1, 0.15) is 12.3 Å². The number of hydrogen-bond donors (Lipinski definition) is 0. The van der Waals surface area contributed by atoms with Gasteiger partial charge in [0.05, 0.1) is 11.7 Å². The molecule has 7 heteroatoms. The average molecular weight is 404 g/mol. The molecule has 1 aromatic heterocycles. The zero-order chi connectivity index (χ0) is 17.6. The lowest BCUT2D eigenvalue weighted by atomic mass is 10.1. The largest absolute Gasteiger partial charge is 0.482 e. The lowest BCUT2D eigenvalue weighted by Crippen LogP contribution is -2.49. The number of fused-ring (bicyclic) bond motifs is 2. The first-order chi connectivity index (χ1) is 12.0. The molecule has 0 fully saturated rings. The van der Waals surface area contributed by atoms with E-state index in [1.807, 2.05) is 42.3 Å². The van der Waals surface area contributed by atoms with Gasteiger partial charge in [-0.25, -0.2) is 0 Å². The number of ether oxygens (including phenoxy) is 1. The molecule has 6 nitrogen and oxygen atoms in total. The fraction of sp³-hybridized carbons (Fsp3) is 0.333. The van der Waals surface area contributed by atoms with Crippen LogP contribution < -0.4 is 9.64 Å². The van der Waals surface area contributed by atoms with Crippen molar-refractivity contribution in [3.63, 3.8) is 0 Å². The molecule has 4 rings (SSSR count). The molecule has 3 heterocycles. The highest BCUT2D eigenvalue weighted by Gasteiger charge is 2.32. The molecule has 2 aliphatic heterocycles. The molecule has 0 saturated heterocycles. The van der Waals surface area contributed by atoms with Crippen LogP contribution in [0.2, 0.25) is 0 Å². The Hall–Kier alpha value is -2.28. The second-order valence-corrected chi connectivity index (χ2v) is 7.19. The van der Waals surface area contributed by atoms with Crippen LogP contribution in [0, 0.1) is 0 Å². The predicted octanol–water partition coefficient (Wildman–Crippen LogP) is 2.58. The van der Waals surface area contributed by atoms with Crippen LogP contribution in [-0.2, 0) is 16.1 Å². The molecule has 0 bridgehead atoms. The second kappa shape index (κ2) is 6.22. The Morgan fingerprint density at radius 1 is 1.32 bits per heavy atom. The van der Waals surface area contributed by atoms with Gasteiger partial charge in [0, 0.05) is 29.5 Å². The Kier molecular flexibility index (Phi) is 4.03. The smallest absolute Gasteiger partial charge is 0.265 e. The molecule has 1 aromatic carbocycles. The molecule has 2 aliphatic rings. The SMILES string of the molecule is CC1c2cccn2CCN1C(=O)CN1C(=O)COc2cc(Br)ccc21. The highest BCUT2D eigenvalue weighted by Crippen LogP contribution is 2.35. The van der Waals surface area contributed by atoms with E-state index in [9.17, 15) is 9.59 Å². The van der Waals surface area contributed by atoms with Gasteiger partial charge in [-0.05, 0) is 37.3 Å². The van der Waals surface area contributed by atoms with Crippen molar-refractivity contribution in [2.75, 3.05) is 24.6 Å². The fourth-order valence-corrected chi connectivity index (χ4v) is 3.84.